The van der Waals surface area contributed by atoms with Crippen LogP contribution in [0.4, 0.5) is 4.39 Å². The summed E-state index contributed by atoms with van der Waals surface area (Å²) in [6.45, 7) is 0.0974. The van der Waals surface area contributed by atoms with Crippen molar-refractivity contribution in [3.63, 3.8) is 0 Å². The predicted molar refractivity (Wildman–Crippen MR) is 74.6 cm³/mol. The summed E-state index contributed by atoms with van der Waals surface area (Å²) in [7, 11) is 0. The van der Waals surface area contributed by atoms with Crippen molar-refractivity contribution in [3.05, 3.63) is 53.3 Å². The summed E-state index contributed by atoms with van der Waals surface area (Å²) >= 11 is 5.74. The molecular formula is C15H12ClFO3. The summed E-state index contributed by atoms with van der Waals surface area (Å²) < 4.78 is 19.1. The average Bonchev–Trinajstić information content (AvgIpc) is 2.42. The van der Waals surface area contributed by atoms with Crippen LogP contribution in [0, 0.1) is 5.82 Å². The minimum absolute atomic E-state index is 0.0648. The van der Waals surface area contributed by atoms with Crippen molar-refractivity contribution in [2.24, 2.45) is 0 Å². The van der Waals surface area contributed by atoms with E-state index in [0.29, 0.717) is 16.9 Å². The molecule has 3 nitrogen and oxygen atoms in total. The molecule has 0 aliphatic rings. The maximum atomic E-state index is 13.9. The van der Waals surface area contributed by atoms with E-state index in [1.165, 1.54) is 6.07 Å². The SMILES string of the molecule is O=C(O)CCOc1ccc(-c2cccc(Cl)c2F)cc1. The van der Waals surface area contributed by atoms with Crippen LogP contribution in [0.5, 0.6) is 5.75 Å². The summed E-state index contributed by atoms with van der Waals surface area (Å²) in [4.78, 5) is 10.4. The van der Waals surface area contributed by atoms with E-state index in [-0.39, 0.29) is 18.1 Å². The van der Waals surface area contributed by atoms with E-state index < -0.39 is 11.8 Å². The van der Waals surface area contributed by atoms with E-state index in [0.717, 1.165) is 0 Å². The Labute approximate surface area is 120 Å². The highest BCUT2D eigenvalue weighted by Gasteiger charge is 2.08. The Morgan fingerprint density at radius 1 is 1.20 bits per heavy atom. The second-order valence-corrected chi connectivity index (χ2v) is 4.53. The van der Waals surface area contributed by atoms with Crippen LogP contribution in [0.3, 0.4) is 0 Å². The van der Waals surface area contributed by atoms with Gasteiger partial charge in [-0.1, -0.05) is 35.9 Å². The van der Waals surface area contributed by atoms with Crippen LogP contribution in [-0.2, 0) is 4.79 Å². The van der Waals surface area contributed by atoms with E-state index in [1.54, 1.807) is 36.4 Å². The number of benzene rings is 2. The molecule has 2 aromatic rings. The van der Waals surface area contributed by atoms with Crippen LogP contribution in [0.25, 0.3) is 11.1 Å². The first-order valence-electron chi connectivity index (χ1n) is 5.97. The van der Waals surface area contributed by atoms with Crippen LogP contribution in [-0.4, -0.2) is 17.7 Å². The monoisotopic (exact) mass is 294 g/mol. The highest BCUT2D eigenvalue weighted by atomic mass is 35.5. The Hall–Kier alpha value is -2.07. The molecule has 0 saturated carbocycles. The summed E-state index contributed by atoms with van der Waals surface area (Å²) in [5, 5.41) is 8.58. The number of carboxylic acid groups (broad SMARTS) is 1. The topological polar surface area (TPSA) is 46.5 Å². The molecule has 20 heavy (non-hydrogen) atoms. The number of carbonyl (C=O) groups is 1. The molecule has 104 valence electrons. The predicted octanol–water partition coefficient (Wildman–Crippen LogP) is 4.00. The van der Waals surface area contributed by atoms with Crippen molar-refractivity contribution < 1.29 is 19.0 Å². The molecule has 2 aromatic carbocycles. The van der Waals surface area contributed by atoms with Gasteiger partial charge in [-0.2, -0.15) is 0 Å². The number of rotatable bonds is 5. The van der Waals surface area contributed by atoms with Gasteiger partial charge in [0.2, 0.25) is 0 Å². The van der Waals surface area contributed by atoms with Gasteiger partial charge in [-0.05, 0) is 23.8 Å². The molecule has 2 rings (SSSR count). The molecule has 0 atom stereocenters. The van der Waals surface area contributed by atoms with Gasteiger partial charge in [0.25, 0.3) is 0 Å². The first-order valence-corrected chi connectivity index (χ1v) is 6.35. The zero-order valence-electron chi connectivity index (χ0n) is 10.5. The zero-order chi connectivity index (χ0) is 14.5. The quantitative estimate of drug-likeness (QED) is 0.906. The first-order chi connectivity index (χ1) is 9.58. The lowest BCUT2D eigenvalue weighted by atomic mass is 10.1. The lowest BCUT2D eigenvalue weighted by Crippen LogP contribution is -2.04. The van der Waals surface area contributed by atoms with E-state index >= 15 is 0 Å². The van der Waals surface area contributed by atoms with Crippen molar-refractivity contribution in [1.82, 2.24) is 0 Å². The fraction of sp³-hybridized carbons (Fsp3) is 0.133. The number of halogens is 2. The Balaban J connectivity index is 2.12. The van der Waals surface area contributed by atoms with Crippen LogP contribution in [0.15, 0.2) is 42.5 Å². The summed E-state index contributed by atoms with van der Waals surface area (Å²) in [6.07, 6.45) is -0.0648. The highest BCUT2D eigenvalue weighted by Crippen LogP contribution is 2.28. The Morgan fingerprint density at radius 3 is 2.55 bits per heavy atom. The molecule has 0 radical (unpaired) electrons. The number of aliphatic carboxylic acids is 1. The molecule has 0 amide bonds. The second kappa shape index (κ2) is 6.39. The van der Waals surface area contributed by atoms with Gasteiger partial charge in [0.05, 0.1) is 18.1 Å². The molecule has 0 heterocycles. The van der Waals surface area contributed by atoms with Gasteiger partial charge in [-0.15, -0.1) is 0 Å². The van der Waals surface area contributed by atoms with E-state index in [9.17, 15) is 9.18 Å². The minimum atomic E-state index is -0.914. The number of hydrogen-bond donors (Lipinski definition) is 1. The third kappa shape index (κ3) is 3.48. The molecule has 0 aliphatic carbocycles. The third-order valence-electron chi connectivity index (χ3n) is 2.70. The molecule has 0 spiro atoms. The summed E-state index contributed by atoms with van der Waals surface area (Å²) in [5.74, 6) is -0.839. The van der Waals surface area contributed by atoms with Crippen molar-refractivity contribution in [3.8, 4) is 16.9 Å². The van der Waals surface area contributed by atoms with Gasteiger partial charge < -0.3 is 9.84 Å². The van der Waals surface area contributed by atoms with Crippen molar-refractivity contribution in [2.45, 2.75) is 6.42 Å². The number of hydrogen-bond acceptors (Lipinski definition) is 2. The normalized spacial score (nSPS) is 10.3. The van der Waals surface area contributed by atoms with Gasteiger partial charge >= 0.3 is 5.97 Å². The maximum absolute atomic E-state index is 13.9. The molecular weight excluding hydrogens is 283 g/mol. The smallest absolute Gasteiger partial charge is 0.306 e. The fourth-order valence-electron chi connectivity index (χ4n) is 1.71. The van der Waals surface area contributed by atoms with Crippen LogP contribution >= 0.6 is 11.6 Å². The van der Waals surface area contributed by atoms with Crippen LogP contribution < -0.4 is 4.74 Å². The fourth-order valence-corrected chi connectivity index (χ4v) is 1.89. The van der Waals surface area contributed by atoms with Gasteiger partial charge in [0, 0.05) is 5.56 Å². The largest absolute Gasteiger partial charge is 0.493 e. The zero-order valence-corrected chi connectivity index (χ0v) is 11.2. The molecule has 5 heteroatoms. The maximum Gasteiger partial charge on any atom is 0.306 e. The lowest BCUT2D eigenvalue weighted by molar-refractivity contribution is -0.137. The second-order valence-electron chi connectivity index (χ2n) is 4.12. The van der Waals surface area contributed by atoms with Crippen molar-refractivity contribution in [2.75, 3.05) is 6.61 Å². The molecule has 0 bridgehead atoms. The Kier molecular flexibility index (Phi) is 4.58. The number of carboxylic acids is 1. The summed E-state index contributed by atoms with van der Waals surface area (Å²) in [6, 6.07) is 11.5. The lowest BCUT2D eigenvalue weighted by Gasteiger charge is -2.07. The van der Waals surface area contributed by atoms with Crippen LogP contribution in [0.1, 0.15) is 6.42 Å². The third-order valence-corrected chi connectivity index (χ3v) is 2.99. The van der Waals surface area contributed by atoms with Gasteiger partial charge in [-0.3, -0.25) is 4.79 Å². The molecule has 0 aromatic heterocycles. The standard InChI is InChI=1S/C15H12ClFO3/c16-13-3-1-2-12(15(13)17)10-4-6-11(7-5-10)20-9-8-14(18)19/h1-7H,8-9H2,(H,18,19). The minimum Gasteiger partial charge on any atom is -0.493 e. The van der Waals surface area contributed by atoms with Gasteiger partial charge in [0.1, 0.15) is 11.6 Å². The first kappa shape index (κ1) is 14.3. The van der Waals surface area contributed by atoms with E-state index in [4.69, 9.17) is 21.4 Å². The highest BCUT2D eigenvalue weighted by molar-refractivity contribution is 6.31. The molecule has 1 N–H and O–H groups in total. The molecule has 0 saturated heterocycles. The van der Waals surface area contributed by atoms with Crippen molar-refractivity contribution in [1.29, 1.82) is 0 Å². The van der Waals surface area contributed by atoms with Crippen LogP contribution in [0.2, 0.25) is 5.02 Å². The number of ether oxygens (including phenoxy) is 1. The van der Waals surface area contributed by atoms with Gasteiger partial charge in [0.15, 0.2) is 0 Å². The Morgan fingerprint density at radius 2 is 1.90 bits per heavy atom. The van der Waals surface area contributed by atoms with E-state index in [2.05, 4.69) is 0 Å². The van der Waals surface area contributed by atoms with Crippen molar-refractivity contribution >= 4 is 17.6 Å². The van der Waals surface area contributed by atoms with E-state index in [1.807, 2.05) is 0 Å². The molecule has 0 fully saturated rings. The average molecular weight is 295 g/mol. The van der Waals surface area contributed by atoms with Gasteiger partial charge in [-0.25, -0.2) is 4.39 Å². The molecule has 0 aliphatic heterocycles. The summed E-state index contributed by atoms with van der Waals surface area (Å²) in [5.41, 5.74) is 1.09. The molecule has 0 unspecified atom stereocenters. The Bertz CT molecular complexity index is 611.